The van der Waals surface area contributed by atoms with Crippen molar-refractivity contribution < 1.29 is 13.2 Å². The number of sulfonamides is 1. The van der Waals surface area contributed by atoms with Crippen LogP contribution in [-0.2, 0) is 21.2 Å². The zero-order valence-corrected chi connectivity index (χ0v) is 16.6. The highest BCUT2D eigenvalue weighted by Crippen LogP contribution is 2.19. The van der Waals surface area contributed by atoms with E-state index in [0.29, 0.717) is 19.5 Å². The van der Waals surface area contributed by atoms with E-state index in [1.54, 1.807) is 12.1 Å². The van der Waals surface area contributed by atoms with Gasteiger partial charge in [-0.15, -0.1) is 0 Å². The highest BCUT2D eigenvalue weighted by molar-refractivity contribution is 7.89. The summed E-state index contributed by atoms with van der Waals surface area (Å²) in [6.45, 7) is 5.40. The minimum absolute atomic E-state index is 0.00888. The van der Waals surface area contributed by atoms with Crippen LogP contribution in [0.4, 0.5) is 0 Å². The van der Waals surface area contributed by atoms with Crippen LogP contribution in [0.25, 0.3) is 0 Å². The maximum Gasteiger partial charge on any atom is 0.240 e. The number of carbonyl (C=O) groups excluding carboxylic acids is 1. The third kappa shape index (κ3) is 4.96. The number of amides is 1. The molecule has 1 atom stereocenters. The number of nitrogens with one attached hydrogen (secondary N) is 1. The average molecular weight is 387 g/mol. The van der Waals surface area contributed by atoms with E-state index in [4.69, 9.17) is 0 Å². The second kappa shape index (κ2) is 8.23. The van der Waals surface area contributed by atoms with Crippen molar-refractivity contribution in [3.8, 4) is 0 Å². The van der Waals surface area contributed by atoms with E-state index >= 15 is 0 Å². The second-order valence-electron chi connectivity index (χ2n) is 7.24. The van der Waals surface area contributed by atoms with E-state index in [0.717, 1.165) is 17.5 Å². The van der Waals surface area contributed by atoms with Crippen molar-refractivity contribution in [2.45, 2.75) is 31.6 Å². The molecule has 1 heterocycles. The molecule has 144 valence electrons. The van der Waals surface area contributed by atoms with E-state index in [-0.39, 0.29) is 23.3 Å². The van der Waals surface area contributed by atoms with Gasteiger partial charge in [0.1, 0.15) is 0 Å². The zero-order valence-electron chi connectivity index (χ0n) is 15.8. The maximum atomic E-state index is 12.5. The van der Waals surface area contributed by atoms with Gasteiger partial charge in [0.2, 0.25) is 15.9 Å². The van der Waals surface area contributed by atoms with Crippen LogP contribution >= 0.6 is 0 Å². The van der Waals surface area contributed by atoms with Gasteiger partial charge in [-0.3, -0.25) is 4.79 Å². The van der Waals surface area contributed by atoms with Gasteiger partial charge in [-0.1, -0.05) is 36.4 Å². The Bertz CT molecular complexity index is 910. The fourth-order valence-corrected chi connectivity index (χ4v) is 4.51. The topological polar surface area (TPSA) is 66.5 Å². The van der Waals surface area contributed by atoms with Gasteiger partial charge >= 0.3 is 0 Å². The molecule has 6 heteroatoms. The molecule has 1 fully saturated rings. The van der Waals surface area contributed by atoms with Crippen molar-refractivity contribution in [3.63, 3.8) is 0 Å². The summed E-state index contributed by atoms with van der Waals surface area (Å²) in [5, 5.41) is 0. The van der Waals surface area contributed by atoms with Crippen molar-refractivity contribution in [1.29, 1.82) is 0 Å². The van der Waals surface area contributed by atoms with Gasteiger partial charge in [0.25, 0.3) is 0 Å². The minimum atomic E-state index is -3.56. The first-order chi connectivity index (χ1) is 12.8. The van der Waals surface area contributed by atoms with Gasteiger partial charge in [0.05, 0.1) is 4.90 Å². The molecule has 2 aromatic carbocycles. The summed E-state index contributed by atoms with van der Waals surface area (Å²) >= 11 is 0. The molecule has 1 aliphatic rings. The van der Waals surface area contributed by atoms with Crippen LogP contribution in [0.2, 0.25) is 0 Å². The Morgan fingerprint density at radius 3 is 2.52 bits per heavy atom. The molecule has 0 aliphatic carbocycles. The SMILES string of the molecule is Cc1ccc(S(=O)(=O)NCC2CC(=O)N(CCc3ccccc3)C2)cc1C. The largest absolute Gasteiger partial charge is 0.342 e. The average Bonchev–Trinajstić information content (AvgIpc) is 3.01. The number of hydrogen-bond donors (Lipinski definition) is 1. The third-order valence-corrected chi connectivity index (χ3v) is 6.58. The van der Waals surface area contributed by atoms with Crippen LogP contribution in [-0.4, -0.2) is 38.9 Å². The van der Waals surface area contributed by atoms with Crippen LogP contribution in [0.15, 0.2) is 53.4 Å². The van der Waals surface area contributed by atoms with E-state index in [1.807, 2.05) is 43.0 Å². The fraction of sp³-hybridized carbons (Fsp3) is 0.381. The van der Waals surface area contributed by atoms with Crippen LogP contribution in [0, 0.1) is 19.8 Å². The van der Waals surface area contributed by atoms with Crippen molar-refractivity contribution in [2.75, 3.05) is 19.6 Å². The molecular formula is C21H26N2O3S. The summed E-state index contributed by atoms with van der Waals surface area (Å²) in [4.78, 5) is 14.3. The summed E-state index contributed by atoms with van der Waals surface area (Å²) < 4.78 is 27.7. The Kier molecular flexibility index (Phi) is 5.97. The predicted molar refractivity (Wildman–Crippen MR) is 106 cm³/mol. The summed E-state index contributed by atoms with van der Waals surface area (Å²) in [7, 11) is -3.56. The van der Waals surface area contributed by atoms with Gasteiger partial charge < -0.3 is 4.90 Å². The number of aryl methyl sites for hydroxylation is 2. The van der Waals surface area contributed by atoms with E-state index in [9.17, 15) is 13.2 Å². The molecule has 0 aromatic heterocycles. The summed E-state index contributed by atoms with van der Waals surface area (Å²) in [5.74, 6) is 0.107. The van der Waals surface area contributed by atoms with Crippen LogP contribution < -0.4 is 4.72 Å². The molecule has 0 radical (unpaired) electrons. The third-order valence-electron chi connectivity index (χ3n) is 5.16. The number of carbonyl (C=O) groups is 1. The molecule has 27 heavy (non-hydrogen) atoms. The molecule has 0 bridgehead atoms. The number of hydrogen-bond acceptors (Lipinski definition) is 3. The smallest absolute Gasteiger partial charge is 0.240 e. The molecular weight excluding hydrogens is 360 g/mol. The molecule has 1 saturated heterocycles. The van der Waals surface area contributed by atoms with E-state index in [1.165, 1.54) is 5.56 Å². The lowest BCUT2D eigenvalue weighted by Crippen LogP contribution is -2.32. The first-order valence-electron chi connectivity index (χ1n) is 9.24. The first-order valence-corrected chi connectivity index (χ1v) is 10.7. The zero-order chi connectivity index (χ0) is 19.4. The summed E-state index contributed by atoms with van der Waals surface area (Å²) in [5.41, 5.74) is 3.20. The number of nitrogens with zero attached hydrogens (tertiary/aromatic N) is 1. The van der Waals surface area contributed by atoms with Crippen LogP contribution in [0.3, 0.4) is 0 Å². The van der Waals surface area contributed by atoms with Crippen molar-refractivity contribution in [3.05, 3.63) is 65.2 Å². The second-order valence-corrected chi connectivity index (χ2v) is 9.01. The Morgan fingerprint density at radius 1 is 1.07 bits per heavy atom. The summed E-state index contributed by atoms with van der Waals surface area (Å²) in [6.07, 6.45) is 1.21. The Morgan fingerprint density at radius 2 is 1.81 bits per heavy atom. The lowest BCUT2D eigenvalue weighted by molar-refractivity contribution is -0.127. The quantitative estimate of drug-likeness (QED) is 0.796. The normalized spacial score (nSPS) is 17.5. The molecule has 1 unspecified atom stereocenters. The Balaban J connectivity index is 1.54. The molecule has 0 spiro atoms. The highest BCUT2D eigenvalue weighted by atomic mass is 32.2. The van der Waals surface area contributed by atoms with Gasteiger partial charge in [-0.05, 0) is 55.0 Å². The number of benzene rings is 2. The van der Waals surface area contributed by atoms with Gasteiger partial charge in [0.15, 0.2) is 0 Å². The molecule has 5 nitrogen and oxygen atoms in total. The van der Waals surface area contributed by atoms with Crippen molar-refractivity contribution in [2.24, 2.45) is 5.92 Å². The molecule has 1 N–H and O–H groups in total. The first kappa shape index (κ1) is 19.6. The Labute approximate surface area is 161 Å². The van der Waals surface area contributed by atoms with Gasteiger partial charge in [-0.25, -0.2) is 13.1 Å². The number of likely N-dealkylation sites (tertiary alicyclic amines) is 1. The molecule has 2 aromatic rings. The lowest BCUT2D eigenvalue weighted by atomic mass is 10.1. The van der Waals surface area contributed by atoms with Crippen LogP contribution in [0.5, 0.6) is 0 Å². The van der Waals surface area contributed by atoms with Gasteiger partial charge in [-0.2, -0.15) is 0 Å². The van der Waals surface area contributed by atoms with Crippen molar-refractivity contribution in [1.82, 2.24) is 9.62 Å². The molecule has 1 aliphatic heterocycles. The Hall–Kier alpha value is -2.18. The number of rotatable bonds is 7. The van der Waals surface area contributed by atoms with Crippen molar-refractivity contribution >= 4 is 15.9 Å². The highest BCUT2D eigenvalue weighted by Gasteiger charge is 2.30. The van der Waals surface area contributed by atoms with E-state index in [2.05, 4.69) is 16.9 Å². The standard InChI is InChI=1S/C21H26N2O3S/c1-16-8-9-20(12-17(16)2)27(25,26)22-14-19-13-21(24)23(15-19)11-10-18-6-4-3-5-7-18/h3-9,12,19,22H,10-11,13-15H2,1-2H3. The van der Waals surface area contributed by atoms with E-state index < -0.39 is 10.0 Å². The maximum absolute atomic E-state index is 12.5. The predicted octanol–water partition coefficient (Wildman–Crippen LogP) is 2.67. The fourth-order valence-electron chi connectivity index (χ4n) is 3.31. The monoisotopic (exact) mass is 386 g/mol. The molecule has 3 rings (SSSR count). The van der Waals surface area contributed by atoms with Gasteiger partial charge in [0, 0.05) is 26.1 Å². The molecule has 0 saturated carbocycles. The summed E-state index contributed by atoms with van der Waals surface area (Å²) in [6, 6.07) is 15.2. The minimum Gasteiger partial charge on any atom is -0.342 e. The molecule has 1 amide bonds. The lowest BCUT2D eigenvalue weighted by Gasteiger charge is -2.17. The van der Waals surface area contributed by atoms with Crippen LogP contribution in [0.1, 0.15) is 23.1 Å².